The summed E-state index contributed by atoms with van der Waals surface area (Å²) in [6, 6.07) is 0. The molecule has 0 aromatic carbocycles. The van der Waals surface area contributed by atoms with Crippen LogP contribution in [0.3, 0.4) is 0 Å². The third-order valence-electron chi connectivity index (χ3n) is 2.76. The number of anilines is 2. The van der Waals surface area contributed by atoms with Gasteiger partial charge in [0.05, 0.1) is 18.4 Å². The molecule has 1 aliphatic rings. The number of nitrogens with zero attached hydrogens (tertiary/aromatic N) is 6. The first-order valence-electron chi connectivity index (χ1n) is 5.29. The monoisotopic (exact) mass is 231 g/mol. The fraction of sp³-hybridized carbons (Fsp3) is 0.300. The molecule has 0 spiro atoms. The lowest BCUT2D eigenvalue weighted by molar-refractivity contribution is 0.747. The van der Waals surface area contributed by atoms with E-state index in [1.54, 1.807) is 9.36 Å². The molecule has 0 saturated heterocycles. The van der Waals surface area contributed by atoms with Crippen molar-refractivity contribution in [2.75, 3.05) is 10.6 Å². The van der Waals surface area contributed by atoms with Crippen LogP contribution in [0.25, 0.3) is 6.20 Å². The lowest BCUT2D eigenvalue weighted by Gasteiger charge is -2.26. The van der Waals surface area contributed by atoms with Crippen LogP contribution in [0.2, 0.25) is 0 Å². The van der Waals surface area contributed by atoms with Crippen LogP contribution in [-0.4, -0.2) is 24.5 Å². The van der Waals surface area contributed by atoms with Crippen LogP contribution in [0.5, 0.6) is 0 Å². The molecule has 0 saturated carbocycles. The van der Waals surface area contributed by atoms with E-state index in [0.29, 0.717) is 12.5 Å². The number of allylic oxidation sites excluding steroid dienone is 1. The molecule has 2 aromatic rings. The molecule has 88 valence electrons. The molecule has 17 heavy (non-hydrogen) atoms. The van der Waals surface area contributed by atoms with Gasteiger partial charge in [0.2, 0.25) is 5.95 Å². The second-order valence-corrected chi connectivity index (χ2v) is 4.06. The molecule has 0 unspecified atom stereocenters. The largest absolute Gasteiger partial charge is 0.366 e. The Hall–Kier alpha value is -2.31. The molecular weight excluding hydrogens is 218 g/mol. The minimum atomic E-state index is 0.303. The lowest BCUT2D eigenvalue weighted by Crippen LogP contribution is -2.26. The van der Waals surface area contributed by atoms with Crippen LogP contribution in [0.1, 0.15) is 12.7 Å². The van der Waals surface area contributed by atoms with Crippen molar-refractivity contribution in [3.05, 3.63) is 23.9 Å². The SMILES string of the molecule is CC1=Cn2nc(N)nc2CN1c1cnn(C)c1. The van der Waals surface area contributed by atoms with Crippen LogP contribution in [0, 0.1) is 0 Å². The summed E-state index contributed by atoms with van der Waals surface area (Å²) in [4.78, 5) is 6.31. The van der Waals surface area contributed by atoms with Gasteiger partial charge in [-0.25, -0.2) is 4.68 Å². The van der Waals surface area contributed by atoms with E-state index in [4.69, 9.17) is 5.73 Å². The van der Waals surface area contributed by atoms with Crippen molar-refractivity contribution < 1.29 is 0 Å². The van der Waals surface area contributed by atoms with Gasteiger partial charge in [0.25, 0.3) is 0 Å². The average molecular weight is 231 g/mol. The summed E-state index contributed by atoms with van der Waals surface area (Å²) in [6.07, 6.45) is 5.70. The summed E-state index contributed by atoms with van der Waals surface area (Å²) in [5, 5.41) is 8.26. The maximum absolute atomic E-state index is 5.58. The molecule has 0 aliphatic carbocycles. The van der Waals surface area contributed by atoms with Gasteiger partial charge < -0.3 is 10.6 Å². The summed E-state index contributed by atoms with van der Waals surface area (Å²) < 4.78 is 3.49. The Morgan fingerprint density at radius 2 is 2.24 bits per heavy atom. The number of nitrogens with two attached hydrogens (primary N) is 1. The van der Waals surface area contributed by atoms with Crippen LogP contribution >= 0.6 is 0 Å². The highest BCUT2D eigenvalue weighted by molar-refractivity contribution is 5.55. The number of hydrogen-bond acceptors (Lipinski definition) is 5. The van der Waals surface area contributed by atoms with E-state index in [-0.39, 0.29) is 0 Å². The standard InChI is InChI=1S/C10H13N7/c1-7-4-17-9(13-10(11)14-17)6-16(7)8-3-12-15(2)5-8/h3-5H,6H2,1-2H3,(H2,11,14). The Balaban J connectivity index is 2.00. The molecule has 0 amide bonds. The van der Waals surface area contributed by atoms with Crippen molar-refractivity contribution in [3.8, 4) is 0 Å². The fourth-order valence-electron chi connectivity index (χ4n) is 1.94. The van der Waals surface area contributed by atoms with E-state index in [2.05, 4.69) is 20.1 Å². The van der Waals surface area contributed by atoms with E-state index < -0.39 is 0 Å². The van der Waals surface area contributed by atoms with E-state index in [1.807, 2.05) is 32.6 Å². The minimum absolute atomic E-state index is 0.303. The molecule has 3 rings (SSSR count). The molecule has 2 N–H and O–H groups in total. The number of hydrogen-bond donors (Lipinski definition) is 1. The van der Waals surface area contributed by atoms with E-state index in [9.17, 15) is 0 Å². The van der Waals surface area contributed by atoms with E-state index >= 15 is 0 Å². The normalized spacial score (nSPS) is 14.7. The van der Waals surface area contributed by atoms with E-state index in [0.717, 1.165) is 17.2 Å². The molecular formula is C10H13N7. The minimum Gasteiger partial charge on any atom is -0.366 e. The third-order valence-corrected chi connectivity index (χ3v) is 2.76. The zero-order valence-corrected chi connectivity index (χ0v) is 9.70. The van der Waals surface area contributed by atoms with Crippen molar-refractivity contribution in [2.45, 2.75) is 13.5 Å². The first kappa shape index (κ1) is 9.88. The number of fused-ring (bicyclic) bond motifs is 1. The quantitative estimate of drug-likeness (QED) is 0.770. The van der Waals surface area contributed by atoms with Gasteiger partial charge in [-0.3, -0.25) is 4.68 Å². The van der Waals surface area contributed by atoms with Gasteiger partial charge in [0, 0.05) is 25.1 Å². The van der Waals surface area contributed by atoms with Gasteiger partial charge in [0.15, 0.2) is 5.82 Å². The molecule has 0 fully saturated rings. The van der Waals surface area contributed by atoms with Crippen LogP contribution in [0.15, 0.2) is 18.1 Å². The Bertz CT molecular complexity index is 592. The maximum atomic E-state index is 5.58. The van der Waals surface area contributed by atoms with Crippen molar-refractivity contribution >= 4 is 17.8 Å². The van der Waals surface area contributed by atoms with Gasteiger partial charge in [0.1, 0.15) is 0 Å². The predicted molar refractivity (Wildman–Crippen MR) is 63.8 cm³/mol. The zero-order chi connectivity index (χ0) is 12.0. The van der Waals surface area contributed by atoms with Crippen molar-refractivity contribution in [1.29, 1.82) is 0 Å². The van der Waals surface area contributed by atoms with Gasteiger partial charge in [-0.05, 0) is 6.92 Å². The van der Waals surface area contributed by atoms with Crippen molar-refractivity contribution in [2.24, 2.45) is 7.05 Å². The lowest BCUT2D eigenvalue weighted by atomic mass is 10.3. The third kappa shape index (κ3) is 1.55. The van der Waals surface area contributed by atoms with Crippen molar-refractivity contribution in [1.82, 2.24) is 24.5 Å². The number of nitrogen functional groups attached to an aromatic ring is 1. The van der Waals surface area contributed by atoms with Gasteiger partial charge >= 0.3 is 0 Å². The number of rotatable bonds is 1. The highest BCUT2D eigenvalue weighted by Crippen LogP contribution is 2.24. The van der Waals surface area contributed by atoms with Crippen molar-refractivity contribution in [3.63, 3.8) is 0 Å². The van der Waals surface area contributed by atoms with E-state index in [1.165, 1.54) is 0 Å². The highest BCUT2D eigenvalue weighted by Gasteiger charge is 2.20. The summed E-state index contributed by atoms with van der Waals surface area (Å²) in [5.41, 5.74) is 7.70. The first-order chi connectivity index (χ1) is 8.13. The molecule has 2 aromatic heterocycles. The molecule has 0 radical (unpaired) electrons. The smallest absolute Gasteiger partial charge is 0.240 e. The summed E-state index contributed by atoms with van der Waals surface area (Å²) >= 11 is 0. The van der Waals surface area contributed by atoms with Crippen LogP contribution < -0.4 is 10.6 Å². The Labute approximate surface area is 98.2 Å². The van der Waals surface area contributed by atoms with Gasteiger partial charge in [-0.2, -0.15) is 10.1 Å². The Morgan fingerprint density at radius 3 is 2.94 bits per heavy atom. The maximum Gasteiger partial charge on any atom is 0.240 e. The number of aryl methyl sites for hydroxylation is 1. The van der Waals surface area contributed by atoms with Crippen LogP contribution in [-0.2, 0) is 13.6 Å². The summed E-state index contributed by atoms with van der Waals surface area (Å²) in [6.45, 7) is 2.67. The zero-order valence-electron chi connectivity index (χ0n) is 9.70. The molecule has 1 aliphatic heterocycles. The molecule has 0 atom stereocenters. The Kier molecular flexibility index (Phi) is 1.94. The first-order valence-corrected chi connectivity index (χ1v) is 5.29. The predicted octanol–water partition coefficient (Wildman–Crippen LogP) is 0.432. The summed E-state index contributed by atoms with van der Waals surface area (Å²) in [7, 11) is 1.90. The number of aromatic nitrogens is 5. The molecule has 3 heterocycles. The Morgan fingerprint density at radius 1 is 1.41 bits per heavy atom. The second kappa shape index (κ2) is 3.34. The van der Waals surface area contributed by atoms with Crippen LogP contribution in [0.4, 0.5) is 11.6 Å². The fourth-order valence-corrected chi connectivity index (χ4v) is 1.94. The van der Waals surface area contributed by atoms with Gasteiger partial charge in [-0.1, -0.05) is 0 Å². The topological polar surface area (TPSA) is 77.8 Å². The van der Waals surface area contributed by atoms with Gasteiger partial charge in [-0.15, -0.1) is 5.10 Å². The molecule has 0 bridgehead atoms. The second-order valence-electron chi connectivity index (χ2n) is 4.06. The molecule has 7 nitrogen and oxygen atoms in total. The summed E-state index contributed by atoms with van der Waals surface area (Å²) in [5.74, 6) is 1.13. The highest BCUT2D eigenvalue weighted by atomic mass is 15.4. The average Bonchev–Trinajstić information content (AvgIpc) is 2.82. The molecule has 7 heteroatoms.